The van der Waals surface area contributed by atoms with Crippen molar-refractivity contribution in [1.82, 2.24) is 4.98 Å². The van der Waals surface area contributed by atoms with Crippen molar-refractivity contribution in [1.29, 1.82) is 0 Å². The average molecular weight is 462 g/mol. The molecule has 1 aliphatic rings. The van der Waals surface area contributed by atoms with Crippen LogP contribution in [0.2, 0.25) is 0 Å². The van der Waals surface area contributed by atoms with E-state index in [1.165, 1.54) is 39.2 Å². The van der Waals surface area contributed by atoms with E-state index in [9.17, 15) is 0 Å². The van der Waals surface area contributed by atoms with Crippen LogP contribution in [-0.4, -0.2) is 4.98 Å². The van der Waals surface area contributed by atoms with Gasteiger partial charge in [-0.1, -0.05) is 0 Å². The molecule has 0 spiro atoms. The summed E-state index contributed by atoms with van der Waals surface area (Å²) in [5, 5.41) is 4.10. The molecular weight excluding hydrogens is 440 g/mol. The van der Waals surface area contributed by atoms with Gasteiger partial charge in [0.25, 0.3) is 0 Å². The summed E-state index contributed by atoms with van der Waals surface area (Å²) in [6, 6.07) is 17.4. The number of H-pyrrole nitrogens is 1. The third-order valence-electron chi connectivity index (χ3n) is 4.59. The third kappa shape index (κ3) is 3.65. The Morgan fingerprint density at radius 2 is 1.58 bits per heavy atom. The van der Waals surface area contributed by atoms with Crippen molar-refractivity contribution in [2.75, 3.05) is 0 Å². The van der Waals surface area contributed by atoms with Crippen LogP contribution in [0.15, 0.2) is 60.7 Å². The fraction of sp³-hybridized carbons (Fsp3) is 0.182. The minimum atomic E-state index is -0.970. The van der Waals surface area contributed by atoms with Crippen molar-refractivity contribution in [3.05, 3.63) is 76.7 Å². The van der Waals surface area contributed by atoms with Crippen LogP contribution >= 0.6 is 0 Å². The Morgan fingerprint density at radius 3 is 2.31 bits per heavy atom. The third-order valence-corrected chi connectivity index (χ3v) is 8.19. The molecule has 3 aromatic rings. The number of aromatic amines is 1. The van der Waals surface area contributed by atoms with Gasteiger partial charge in [0.2, 0.25) is 0 Å². The molecule has 0 amide bonds. The molecule has 0 saturated carbocycles. The number of nitrogens with one attached hydrogen (secondary N) is 1. The molecule has 0 saturated heterocycles. The van der Waals surface area contributed by atoms with Crippen LogP contribution in [0, 0.1) is 0 Å². The SMILES string of the molecule is C=C1C=c2ccccc2=[C]1[Zr+2][c]1[nH]c2ccccc2c1C(C)(C)C.[Cl-].[Cl-]. The van der Waals surface area contributed by atoms with Crippen LogP contribution < -0.4 is 38.7 Å². The molecule has 0 atom stereocenters. The number of benzene rings is 2. The largest absolute Gasteiger partial charge is 1.00 e. The van der Waals surface area contributed by atoms with Crippen LogP contribution in [0.5, 0.6) is 0 Å². The zero-order valence-electron chi connectivity index (χ0n) is 15.2. The van der Waals surface area contributed by atoms with Gasteiger partial charge in [0, 0.05) is 0 Å². The average Bonchev–Trinajstić information content (AvgIpc) is 3.05. The van der Waals surface area contributed by atoms with Crippen molar-refractivity contribution in [2.24, 2.45) is 0 Å². The molecule has 0 radical (unpaired) electrons. The second kappa shape index (κ2) is 7.89. The van der Waals surface area contributed by atoms with Gasteiger partial charge >= 0.3 is 155 Å². The van der Waals surface area contributed by atoms with Gasteiger partial charge in [-0.2, -0.15) is 0 Å². The summed E-state index contributed by atoms with van der Waals surface area (Å²) in [6.45, 7) is 11.3. The van der Waals surface area contributed by atoms with E-state index in [1.54, 1.807) is 0 Å². The van der Waals surface area contributed by atoms with Gasteiger partial charge in [-0.3, -0.25) is 0 Å². The van der Waals surface area contributed by atoms with Crippen molar-refractivity contribution < 1.29 is 48.0 Å². The monoisotopic (exact) mass is 459 g/mol. The summed E-state index contributed by atoms with van der Waals surface area (Å²) in [7, 11) is 0. The van der Waals surface area contributed by atoms with Gasteiger partial charge in [0.1, 0.15) is 0 Å². The molecule has 26 heavy (non-hydrogen) atoms. The first-order chi connectivity index (χ1) is 11.4. The quantitative estimate of drug-likeness (QED) is 0.429. The van der Waals surface area contributed by atoms with E-state index < -0.39 is 23.2 Å². The fourth-order valence-electron chi connectivity index (χ4n) is 3.57. The molecule has 0 aliphatic heterocycles. The van der Waals surface area contributed by atoms with E-state index in [4.69, 9.17) is 0 Å². The molecule has 1 N–H and O–H groups in total. The zero-order valence-corrected chi connectivity index (χ0v) is 19.1. The van der Waals surface area contributed by atoms with Crippen LogP contribution in [0.1, 0.15) is 26.3 Å². The molecule has 1 aliphatic carbocycles. The van der Waals surface area contributed by atoms with Crippen LogP contribution in [0.25, 0.3) is 20.3 Å². The minimum Gasteiger partial charge on any atom is -1.00 e. The van der Waals surface area contributed by atoms with Gasteiger partial charge in [-0.15, -0.1) is 0 Å². The van der Waals surface area contributed by atoms with Crippen LogP contribution in [0.3, 0.4) is 0 Å². The van der Waals surface area contributed by atoms with Gasteiger partial charge in [0.05, 0.1) is 0 Å². The number of rotatable bonds is 2. The number of aromatic nitrogens is 1. The normalized spacial score (nSPS) is 12.7. The maximum absolute atomic E-state index is 4.33. The second-order valence-corrected chi connectivity index (χ2v) is 10.5. The Balaban J connectivity index is 0.00000121. The summed E-state index contributed by atoms with van der Waals surface area (Å²) >= 11 is -0.970. The summed E-state index contributed by atoms with van der Waals surface area (Å²) in [5.41, 5.74) is 4.11. The first kappa shape index (κ1) is 21.2. The molecule has 0 unspecified atom stereocenters. The first-order valence-corrected chi connectivity index (χ1v) is 10.8. The Labute approximate surface area is 178 Å². The molecule has 4 rings (SSSR count). The molecule has 1 aromatic heterocycles. The van der Waals surface area contributed by atoms with Crippen molar-refractivity contribution in [3.8, 4) is 0 Å². The fourth-order valence-corrected chi connectivity index (χ4v) is 7.69. The summed E-state index contributed by atoms with van der Waals surface area (Å²) in [6.07, 6.45) is 2.24. The van der Waals surface area contributed by atoms with E-state index in [-0.39, 0.29) is 30.2 Å². The Kier molecular flexibility index (Phi) is 6.44. The standard InChI is InChI=1S/C12H14N.C10H7.2ClH.Zr/c1-12(2,3)10-8-13-11-7-5-4-6-9(10)11;1-8-6-9-4-2-3-5-10(9)7-8;;;/h4-7,13H,1-3H3;2-6H,1H2;2*1H;/q;;;;+2/p-2. The van der Waals surface area contributed by atoms with E-state index in [0.29, 0.717) is 0 Å². The summed E-state index contributed by atoms with van der Waals surface area (Å²) in [5.74, 6) is 0. The number of halogens is 2. The van der Waals surface area contributed by atoms with E-state index in [2.05, 4.69) is 86.9 Å². The number of hydrogen-bond donors (Lipinski definition) is 1. The minimum absolute atomic E-state index is 0. The molecule has 0 fully saturated rings. The number of para-hydroxylation sites is 1. The van der Waals surface area contributed by atoms with Gasteiger partial charge < -0.3 is 24.8 Å². The van der Waals surface area contributed by atoms with E-state index >= 15 is 0 Å². The Bertz CT molecular complexity index is 1090. The maximum atomic E-state index is 4.33. The topological polar surface area (TPSA) is 15.8 Å². The van der Waals surface area contributed by atoms with Gasteiger partial charge in [-0.25, -0.2) is 0 Å². The smallest absolute Gasteiger partial charge is 1.00 e. The van der Waals surface area contributed by atoms with Crippen LogP contribution in [0.4, 0.5) is 0 Å². The first-order valence-electron chi connectivity index (χ1n) is 8.34. The van der Waals surface area contributed by atoms with Crippen molar-refractivity contribution in [2.45, 2.75) is 26.2 Å². The van der Waals surface area contributed by atoms with Crippen LogP contribution in [-0.2, 0) is 28.6 Å². The molecule has 4 heteroatoms. The number of fused-ring (bicyclic) bond motifs is 2. The maximum Gasteiger partial charge on any atom is -1.00 e. The molecular formula is C22H21Cl2NZr. The molecule has 1 heterocycles. The van der Waals surface area contributed by atoms with E-state index in [1.807, 2.05) is 0 Å². The van der Waals surface area contributed by atoms with Crippen molar-refractivity contribution in [3.63, 3.8) is 0 Å². The predicted molar refractivity (Wildman–Crippen MR) is 99.3 cm³/mol. The Hall–Kier alpha value is -1.08. The number of allylic oxidation sites excluding steroid dienone is 1. The second-order valence-electron chi connectivity index (χ2n) is 7.43. The van der Waals surface area contributed by atoms with Gasteiger partial charge in [0.15, 0.2) is 0 Å². The molecule has 0 bridgehead atoms. The van der Waals surface area contributed by atoms with Crippen molar-refractivity contribution >= 4 is 23.7 Å². The molecule has 132 valence electrons. The van der Waals surface area contributed by atoms with E-state index in [0.717, 1.165) is 0 Å². The van der Waals surface area contributed by atoms with Gasteiger partial charge in [-0.05, 0) is 0 Å². The Morgan fingerprint density at radius 1 is 0.923 bits per heavy atom. The number of hydrogen-bond acceptors (Lipinski definition) is 0. The summed E-state index contributed by atoms with van der Waals surface area (Å²) < 4.78 is 2.99. The molecule has 1 nitrogen and oxygen atoms in total. The summed E-state index contributed by atoms with van der Waals surface area (Å²) in [4.78, 5) is 3.75. The molecule has 2 aromatic carbocycles. The predicted octanol–water partition coefficient (Wildman–Crippen LogP) is -2.66. The zero-order chi connectivity index (χ0) is 16.9.